The number of aromatic nitrogens is 1. The van der Waals surface area contributed by atoms with Crippen LogP contribution in [0.5, 0.6) is 0 Å². The van der Waals surface area contributed by atoms with Crippen LogP contribution in [-0.2, 0) is 16.1 Å². The van der Waals surface area contributed by atoms with Gasteiger partial charge in [0.25, 0.3) is 5.91 Å². The fourth-order valence-electron chi connectivity index (χ4n) is 5.95. The van der Waals surface area contributed by atoms with Crippen molar-refractivity contribution < 1.29 is 14.3 Å². The highest BCUT2D eigenvalue weighted by molar-refractivity contribution is 5.95. The van der Waals surface area contributed by atoms with Gasteiger partial charge in [0, 0.05) is 57.8 Å². The minimum absolute atomic E-state index is 0.0139. The van der Waals surface area contributed by atoms with E-state index in [9.17, 15) is 9.59 Å². The van der Waals surface area contributed by atoms with Gasteiger partial charge in [-0.25, -0.2) is 0 Å². The molecule has 3 fully saturated rings. The second-order valence-corrected chi connectivity index (χ2v) is 9.89. The second-order valence-electron chi connectivity index (χ2n) is 9.89. The summed E-state index contributed by atoms with van der Waals surface area (Å²) >= 11 is 0. The number of nitrogens with zero attached hydrogens (tertiary/aromatic N) is 4. The highest BCUT2D eigenvalue weighted by Gasteiger charge is 2.48. The third kappa shape index (κ3) is 4.27. The van der Waals surface area contributed by atoms with Crippen LogP contribution in [0.2, 0.25) is 0 Å². The SMILES string of the molecule is COCCn1c(C)cc(C(=O)N2CCC3(CC2)CC(C(=O)N2CCCC2)N(C)C3)c1C. The Kier molecular flexibility index (Phi) is 6.44. The second kappa shape index (κ2) is 8.94. The van der Waals surface area contributed by atoms with Crippen LogP contribution in [0, 0.1) is 19.3 Å². The van der Waals surface area contributed by atoms with Crippen molar-refractivity contribution in [3.63, 3.8) is 0 Å². The minimum Gasteiger partial charge on any atom is -0.383 e. The summed E-state index contributed by atoms with van der Waals surface area (Å²) in [5.41, 5.74) is 3.11. The Morgan fingerprint density at radius 3 is 2.42 bits per heavy atom. The van der Waals surface area contributed by atoms with Crippen LogP contribution >= 0.6 is 0 Å². The van der Waals surface area contributed by atoms with Gasteiger partial charge in [-0.05, 0) is 64.5 Å². The molecule has 3 aliphatic rings. The van der Waals surface area contributed by atoms with E-state index in [-0.39, 0.29) is 17.4 Å². The molecule has 0 radical (unpaired) electrons. The van der Waals surface area contributed by atoms with Crippen molar-refractivity contribution in [1.29, 1.82) is 0 Å². The van der Waals surface area contributed by atoms with Gasteiger partial charge >= 0.3 is 0 Å². The Balaban J connectivity index is 1.38. The quantitative estimate of drug-likeness (QED) is 0.719. The average Bonchev–Trinajstić information content (AvgIpc) is 3.46. The number of carbonyl (C=O) groups excluding carboxylic acids is 2. The van der Waals surface area contributed by atoms with Crippen molar-refractivity contribution in [2.24, 2.45) is 5.41 Å². The van der Waals surface area contributed by atoms with Crippen LogP contribution in [0.3, 0.4) is 0 Å². The molecule has 1 aromatic heterocycles. The number of carbonyl (C=O) groups is 2. The summed E-state index contributed by atoms with van der Waals surface area (Å²) in [5.74, 6) is 0.460. The first-order valence-corrected chi connectivity index (χ1v) is 11.8. The third-order valence-corrected chi connectivity index (χ3v) is 7.88. The molecule has 4 heterocycles. The Hall–Kier alpha value is -1.86. The predicted octanol–water partition coefficient (Wildman–Crippen LogP) is 2.30. The van der Waals surface area contributed by atoms with E-state index in [1.165, 1.54) is 0 Å². The lowest BCUT2D eigenvalue weighted by atomic mass is 9.76. The van der Waals surface area contributed by atoms with Crippen molar-refractivity contribution >= 4 is 11.8 Å². The minimum atomic E-state index is 0.0139. The van der Waals surface area contributed by atoms with E-state index < -0.39 is 0 Å². The van der Waals surface area contributed by atoms with Gasteiger partial charge < -0.3 is 19.1 Å². The molecule has 172 valence electrons. The average molecular weight is 431 g/mol. The monoisotopic (exact) mass is 430 g/mol. The predicted molar refractivity (Wildman–Crippen MR) is 120 cm³/mol. The molecular formula is C24H38N4O3. The van der Waals surface area contributed by atoms with Gasteiger partial charge in [-0.1, -0.05) is 0 Å². The molecule has 0 bridgehead atoms. The van der Waals surface area contributed by atoms with Gasteiger partial charge in [-0.2, -0.15) is 0 Å². The summed E-state index contributed by atoms with van der Waals surface area (Å²) in [6, 6.07) is 2.03. The molecule has 4 rings (SSSR count). The number of likely N-dealkylation sites (N-methyl/N-ethyl adjacent to an activating group) is 1. The molecule has 31 heavy (non-hydrogen) atoms. The molecule has 1 aromatic rings. The fourth-order valence-corrected chi connectivity index (χ4v) is 5.95. The molecule has 0 aromatic carbocycles. The van der Waals surface area contributed by atoms with E-state index in [4.69, 9.17) is 4.74 Å². The van der Waals surface area contributed by atoms with E-state index in [1.807, 2.05) is 17.9 Å². The van der Waals surface area contributed by atoms with Gasteiger partial charge in [-0.3, -0.25) is 14.5 Å². The van der Waals surface area contributed by atoms with E-state index in [1.54, 1.807) is 7.11 Å². The maximum atomic E-state index is 13.3. The van der Waals surface area contributed by atoms with Crippen LogP contribution in [0.1, 0.15) is 53.8 Å². The molecule has 0 aliphatic carbocycles. The van der Waals surface area contributed by atoms with Crippen LogP contribution in [-0.4, -0.2) is 90.6 Å². The zero-order valence-corrected chi connectivity index (χ0v) is 19.7. The van der Waals surface area contributed by atoms with Gasteiger partial charge in [0.2, 0.25) is 5.91 Å². The maximum absolute atomic E-state index is 13.3. The first-order chi connectivity index (χ1) is 14.8. The van der Waals surface area contributed by atoms with Crippen LogP contribution in [0.4, 0.5) is 0 Å². The number of rotatable bonds is 5. The Morgan fingerprint density at radius 2 is 1.77 bits per heavy atom. The highest BCUT2D eigenvalue weighted by Crippen LogP contribution is 2.43. The number of ether oxygens (including phenoxy) is 1. The molecule has 0 saturated carbocycles. The van der Waals surface area contributed by atoms with Crippen molar-refractivity contribution in [2.45, 2.75) is 58.5 Å². The first-order valence-electron chi connectivity index (χ1n) is 11.8. The lowest BCUT2D eigenvalue weighted by Gasteiger charge is -2.39. The Morgan fingerprint density at radius 1 is 1.10 bits per heavy atom. The highest BCUT2D eigenvalue weighted by atomic mass is 16.5. The molecule has 0 N–H and O–H groups in total. The van der Waals surface area contributed by atoms with Crippen LogP contribution in [0.15, 0.2) is 6.07 Å². The van der Waals surface area contributed by atoms with Gasteiger partial charge in [-0.15, -0.1) is 0 Å². The van der Waals surface area contributed by atoms with Crippen molar-refractivity contribution in [3.8, 4) is 0 Å². The molecule has 3 aliphatic heterocycles. The number of piperidine rings is 1. The summed E-state index contributed by atoms with van der Waals surface area (Å²) in [6.45, 7) is 9.84. The summed E-state index contributed by atoms with van der Waals surface area (Å²) in [6.07, 6.45) is 5.17. The molecule has 1 unspecified atom stereocenters. The molecular weight excluding hydrogens is 392 g/mol. The van der Waals surface area contributed by atoms with Crippen molar-refractivity contribution in [3.05, 3.63) is 23.0 Å². The number of amides is 2. The molecule has 3 saturated heterocycles. The van der Waals surface area contributed by atoms with Crippen molar-refractivity contribution in [1.82, 2.24) is 19.3 Å². The smallest absolute Gasteiger partial charge is 0.255 e. The number of hydrogen-bond acceptors (Lipinski definition) is 4. The number of aryl methyl sites for hydroxylation is 1. The lowest BCUT2D eigenvalue weighted by Crippen LogP contribution is -2.44. The third-order valence-electron chi connectivity index (χ3n) is 7.88. The van der Waals surface area contributed by atoms with E-state index in [0.29, 0.717) is 12.5 Å². The fraction of sp³-hybridized carbons (Fsp3) is 0.750. The Labute approximate surface area is 186 Å². The molecule has 7 heteroatoms. The van der Waals surface area contributed by atoms with Gasteiger partial charge in [0.05, 0.1) is 18.2 Å². The zero-order chi connectivity index (χ0) is 22.2. The summed E-state index contributed by atoms with van der Waals surface area (Å²) < 4.78 is 7.38. The van der Waals surface area contributed by atoms with Crippen LogP contribution in [0.25, 0.3) is 0 Å². The molecule has 1 atom stereocenters. The van der Waals surface area contributed by atoms with E-state index in [0.717, 1.165) is 88.3 Å². The van der Waals surface area contributed by atoms with E-state index >= 15 is 0 Å². The largest absolute Gasteiger partial charge is 0.383 e. The number of likely N-dealkylation sites (tertiary alicyclic amines) is 3. The van der Waals surface area contributed by atoms with Gasteiger partial charge in [0.15, 0.2) is 0 Å². The molecule has 2 amide bonds. The standard InChI is InChI=1S/C24H38N4O3/c1-18-15-20(19(2)28(18)13-14-31-4)22(29)27-11-7-24(8-12-27)16-21(25(3)17-24)23(30)26-9-5-6-10-26/h15,21H,5-14,16-17H2,1-4H3. The summed E-state index contributed by atoms with van der Waals surface area (Å²) in [7, 11) is 3.80. The number of methoxy groups -OCH3 is 1. The maximum Gasteiger partial charge on any atom is 0.255 e. The topological polar surface area (TPSA) is 58.0 Å². The summed E-state index contributed by atoms with van der Waals surface area (Å²) in [4.78, 5) is 32.6. The summed E-state index contributed by atoms with van der Waals surface area (Å²) in [5, 5.41) is 0. The zero-order valence-electron chi connectivity index (χ0n) is 19.7. The van der Waals surface area contributed by atoms with Crippen molar-refractivity contribution in [2.75, 3.05) is 53.5 Å². The van der Waals surface area contributed by atoms with Crippen LogP contribution < -0.4 is 0 Å². The van der Waals surface area contributed by atoms with Gasteiger partial charge in [0.1, 0.15) is 0 Å². The normalized spacial score (nSPS) is 23.8. The molecule has 7 nitrogen and oxygen atoms in total. The first kappa shape index (κ1) is 22.3. The lowest BCUT2D eigenvalue weighted by molar-refractivity contribution is -0.134. The number of hydrogen-bond donors (Lipinski definition) is 0. The van der Waals surface area contributed by atoms with E-state index in [2.05, 4.69) is 28.3 Å². The molecule has 1 spiro atoms. The Bertz CT molecular complexity index is 819.